The number of nitrogens with two attached hydrogens (primary N) is 2. The number of ether oxygens (including phenoxy) is 6. The molecule has 4 aromatic heterocycles. The summed E-state index contributed by atoms with van der Waals surface area (Å²) in [5, 5.41) is 25.9. The van der Waals surface area contributed by atoms with E-state index in [4.69, 9.17) is 81.8 Å². The van der Waals surface area contributed by atoms with Crippen LogP contribution >= 0.6 is 58.3 Å². The predicted octanol–water partition coefficient (Wildman–Crippen LogP) is 9.52. The minimum atomic E-state index is 0.101. The number of nitrogens with zero attached hydrogens (tertiary/aromatic N) is 9. The molecule has 0 aliphatic carbocycles. The van der Waals surface area contributed by atoms with E-state index in [-0.39, 0.29) is 33.2 Å². The molecule has 8 rings (SSSR count). The number of thiazole rings is 2. The number of pyridine rings is 2. The van der Waals surface area contributed by atoms with Gasteiger partial charge in [-0.05, 0) is 35.4 Å². The van der Waals surface area contributed by atoms with Crippen molar-refractivity contribution in [2.24, 2.45) is 0 Å². The summed E-state index contributed by atoms with van der Waals surface area (Å²) in [4.78, 5) is 27.7. The van der Waals surface area contributed by atoms with Gasteiger partial charge in [0.2, 0.25) is 11.4 Å². The first-order valence-corrected chi connectivity index (χ1v) is 25.5. The number of aromatic amines is 1. The van der Waals surface area contributed by atoms with E-state index < -0.39 is 0 Å². The van der Waals surface area contributed by atoms with Crippen LogP contribution in [-0.2, 0) is 30.6 Å². The largest absolute Gasteiger partial charge is 0.491 e. The quantitative estimate of drug-likeness (QED) is 0.0270. The summed E-state index contributed by atoms with van der Waals surface area (Å²) in [6, 6.07) is 18.6. The lowest BCUT2D eigenvalue weighted by Crippen LogP contribution is -2.36. The van der Waals surface area contributed by atoms with E-state index in [0.29, 0.717) is 95.6 Å². The fourth-order valence-electron chi connectivity index (χ4n) is 6.87. The smallest absolute Gasteiger partial charge is 0.236 e. The molecule has 2 saturated heterocycles. The Morgan fingerprint density at radius 2 is 1.23 bits per heavy atom. The van der Waals surface area contributed by atoms with Gasteiger partial charge in [0.25, 0.3) is 0 Å². The minimum absolute atomic E-state index is 0.101. The summed E-state index contributed by atoms with van der Waals surface area (Å²) in [5.41, 5.74) is 17.0. The first-order chi connectivity index (χ1) is 34.7. The number of halogens is 1. The zero-order valence-electron chi connectivity index (χ0n) is 38.8. The van der Waals surface area contributed by atoms with Gasteiger partial charge in [-0.2, -0.15) is 10.5 Å². The molecular weight excluding hydrogens is 1000 g/mol. The van der Waals surface area contributed by atoms with Crippen LogP contribution in [0.2, 0.25) is 0 Å². The molecule has 0 radical (unpaired) electrons. The fraction of sp³-hybridized carbons (Fsp3) is 0.333. The Labute approximate surface area is 434 Å². The van der Waals surface area contributed by atoms with Crippen molar-refractivity contribution in [3.63, 3.8) is 0 Å². The first kappa shape index (κ1) is 53.8. The van der Waals surface area contributed by atoms with Crippen molar-refractivity contribution >= 4 is 91.5 Å². The number of thioether (sulfide) groups is 1. The standard InChI is InChI=1S/C24H24N6O3S2.C16H14N4O2S.C8H11ClN2OS/c1-27-21-20(16-3-5-18(6-4-16)33-12-11-31-2)19(13-25)23(29-22(21)26)34-14-17-15-35-24(28-17)30-7-9-32-10-8-30;1-19-14-13(12(9-17)16(23)20-15(14)18)10-3-5-11(6-4-10)22-8-7-21-2;9-5-7-6-13-8(10-7)11-1-3-12-4-2-11/h3-6,15H,7-12,14H2,2H3,(H2,26,29);3-6H,7-8H2,2H3,(H3,18,20,23);6H,1-5H2. The Balaban J connectivity index is 0.000000195. The number of hydrogen-bond donors (Lipinski definition) is 3. The number of anilines is 4. The Kier molecular flexibility index (Phi) is 21.0. The van der Waals surface area contributed by atoms with Crippen LogP contribution in [-0.4, -0.2) is 113 Å². The van der Waals surface area contributed by atoms with E-state index in [0.717, 1.165) is 61.0 Å². The van der Waals surface area contributed by atoms with Crippen molar-refractivity contribution in [2.45, 2.75) is 16.7 Å². The Morgan fingerprint density at radius 3 is 1.68 bits per heavy atom. The van der Waals surface area contributed by atoms with Crippen LogP contribution in [0.5, 0.6) is 11.5 Å². The lowest BCUT2D eigenvalue weighted by Gasteiger charge is -2.26. The Bertz CT molecular complexity index is 2930. The number of hydrogen-bond acceptors (Lipinski definition) is 19. The van der Waals surface area contributed by atoms with Crippen molar-refractivity contribution in [1.29, 1.82) is 10.5 Å². The van der Waals surface area contributed by atoms with Crippen molar-refractivity contribution in [2.75, 3.05) is 115 Å². The van der Waals surface area contributed by atoms with Crippen LogP contribution in [0.1, 0.15) is 22.5 Å². The van der Waals surface area contributed by atoms with Gasteiger partial charge in [-0.15, -0.1) is 34.3 Å². The summed E-state index contributed by atoms with van der Waals surface area (Å²) in [7, 11) is 3.22. The maximum absolute atomic E-state index is 10.0. The number of rotatable bonds is 16. The van der Waals surface area contributed by atoms with Crippen LogP contribution in [0.4, 0.5) is 33.3 Å². The number of alkyl halides is 1. The van der Waals surface area contributed by atoms with E-state index in [1.165, 1.54) is 11.8 Å². The maximum atomic E-state index is 10.0. The summed E-state index contributed by atoms with van der Waals surface area (Å²) in [6.07, 6.45) is 0. The summed E-state index contributed by atoms with van der Waals surface area (Å²) >= 11 is 15.5. The SMILES string of the molecule is ClCc1csc(N2CCOCC2)n1.[C-]#[N+]c1c(N)[nH]c(=S)c(C#N)c1-c1ccc(OCCOC)cc1.[C-]#[N+]c1c(N)nc(SCc2csc(N3CCOCC3)n2)c(C#N)c1-c1ccc(OCCOC)cc1. The summed E-state index contributed by atoms with van der Waals surface area (Å²) in [6.45, 7) is 23.3. The molecule has 0 atom stereocenters. The highest BCUT2D eigenvalue weighted by Crippen LogP contribution is 2.43. The maximum Gasteiger partial charge on any atom is 0.236 e. The number of benzene rings is 2. The Hall–Kier alpha value is -6.54. The van der Waals surface area contributed by atoms with Crippen molar-refractivity contribution in [3.05, 3.63) is 109 Å². The number of nitriles is 2. The molecule has 2 aliphatic rings. The Morgan fingerprint density at radius 1 is 0.746 bits per heavy atom. The van der Waals surface area contributed by atoms with Crippen LogP contribution < -0.4 is 30.7 Å². The fourth-order valence-corrected chi connectivity index (χ4v) is 10.1. The highest BCUT2D eigenvalue weighted by molar-refractivity contribution is 7.98. The number of aromatic nitrogens is 4. The van der Waals surface area contributed by atoms with Crippen molar-refractivity contribution in [3.8, 4) is 45.9 Å². The third kappa shape index (κ3) is 14.5. The van der Waals surface area contributed by atoms with Crippen molar-refractivity contribution in [1.82, 2.24) is 19.9 Å². The van der Waals surface area contributed by atoms with Crippen LogP contribution in [0, 0.1) is 40.4 Å². The average molecular weight is 1050 g/mol. The van der Waals surface area contributed by atoms with Gasteiger partial charge in [-0.1, -0.05) is 48.2 Å². The summed E-state index contributed by atoms with van der Waals surface area (Å²) in [5.74, 6) is 2.63. The van der Waals surface area contributed by atoms with Gasteiger partial charge in [0.15, 0.2) is 10.3 Å². The second-order valence-corrected chi connectivity index (χ2v) is 18.2. The molecule has 2 aromatic carbocycles. The van der Waals surface area contributed by atoms with Crippen molar-refractivity contribution < 1.29 is 28.4 Å². The molecule has 0 spiro atoms. The monoisotopic (exact) mass is 1050 g/mol. The number of H-pyrrole nitrogens is 1. The minimum Gasteiger partial charge on any atom is -0.491 e. The molecule has 23 heteroatoms. The molecule has 6 heterocycles. The van der Waals surface area contributed by atoms with Gasteiger partial charge in [0.1, 0.15) is 58.2 Å². The van der Waals surface area contributed by atoms with Gasteiger partial charge >= 0.3 is 0 Å². The molecule has 2 aliphatic heterocycles. The lowest BCUT2D eigenvalue weighted by atomic mass is 10.00. The predicted molar refractivity (Wildman–Crippen MR) is 282 cm³/mol. The van der Waals surface area contributed by atoms with E-state index in [1.54, 1.807) is 73.3 Å². The number of methoxy groups -OCH3 is 2. The molecule has 368 valence electrons. The van der Waals surface area contributed by atoms with E-state index in [2.05, 4.69) is 40.5 Å². The normalized spacial score (nSPS) is 13.0. The molecule has 18 nitrogen and oxygen atoms in total. The summed E-state index contributed by atoms with van der Waals surface area (Å²) < 4.78 is 31.9. The molecule has 2 fully saturated rings. The number of nitrogen functional groups attached to an aromatic ring is 2. The zero-order valence-corrected chi connectivity index (χ0v) is 42.8. The van der Waals surface area contributed by atoms with E-state index in [9.17, 15) is 10.5 Å². The van der Waals surface area contributed by atoms with Crippen LogP contribution in [0.3, 0.4) is 0 Å². The second-order valence-electron chi connectivity index (χ2n) is 14.9. The highest BCUT2D eigenvalue weighted by atomic mass is 35.5. The molecule has 0 bridgehead atoms. The van der Waals surface area contributed by atoms with Crippen LogP contribution in [0.25, 0.3) is 31.9 Å². The molecule has 0 unspecified atom stereocenters. The molecule has 71 heavy (non-hydrogen) atoms. The highest BCUT2D eigenvalue weighted by Gasteiger charge is 2.22. The molecular formula is C48H49ClN12O6S4. The average Bonchev–Trinajstić information content (AvgIpc) is 4.10. The van der Waals surface area contributed by atoms with E-state index in [1.807, 2.05) is 29.0 Å². The van der Waals surface area contributed by atoms with Crippen LogP contribution in [0.15, 0.2) is 64.3 Å². The molecule has 0 saturated carbocycles. The van der Waals surface area contributed by atoms with Gasteiger partial charge < -0.3 is 54.7 Å². The van der Waals surface area contributed by atoms with Gasteiger partial charge in [-0.3, -0.25) is 0 Å². The molecule has 6 aromatic rings. The number of nitrogens with one attached hydrogen (secondary N) is 1. The van der Waals surface area contributed by atoms with Gasteiger partial charge in [-0.25, -0.2) is 24.6 Å². The molecule has 0 amide bonds. The second kappa shape index (κ2) is 27.7. The first-order valence-electron chi connectivity index (χ1n) is 21.8. The van der Waals surface area contributed by atoms with E-state index >= 15 is 0 Å². The number of morpholine rings is 2. The third-order valence-electron chi connectivity index (χ3n) is 10.4. The zero-order chi connectivity index (χ0) is 50.5. The van der Waals surface area contributed by atoms with Gasteiger partial charge in [0.05, 0.1) is 81.2 Å². The lowest BCUT2D eigenvalue weighted by molar-refractivity contribution is 0.122. The van der Waals surface area contributed by atoms with Gasteiger partial charge in [0, 0.05) is 68.0 Å². The molecule has 5 N–H and O–H groups in total. The topological polar surface area (TPSA) is 225 Å². The third-order valence-corrected chi connectivity index (χ3v) is 13.9.